The van der Waals surface area contributed by atoms with E-state index in [1.807, 2.05) is 0 Å². The van der Waals surface area contributed by atoms with Gasteiger partial charge in [0, 0.05) is 19.3 Å². The molecule has 0 spiro atoms. The minimum Gasteiger partial charge on any atom is -0.462 e. The molecule has 0 aliphatic carbocycles. The van der Waals surface area contributed by atoms with Crippen molar-refractivity contribution in [2.24, 2.45) is 0 Å². The van der Waals surface area contributed by atoms with E-state index in [2.05, 4.69) is 118 Å². The van der Waals surface area contributed by atoms with Crippen LogP contribution in [0.1, 0.15) is 252 Å². The van der Waals surface area contributed by atoms with Crippen molar-refractivity contribution in [2.45, 2.75) is 258 Å². The highest BCUT2D eigenvalue weighted by molar-refractivity contribution is 5.71. The van der Waals surface area contributed by atoms with Gasteiger partial charge in [0.05, 0.1) is 0 Å². The first-order valence-electron chi connectivity index (χ1n) is 27.7. The molecule has 0 aromatic rings. The summed E-state index contributed by atoms with van der Waals surface area (Å²) in [7, 11) is 0. The van der Waals surface area contributed by atoms with Crippen LogP contribution in [0.15, 0.2) is 97.2 Å². The molecule has 67 heavy (non-hydrogen) atoms. The largest absolute Gasteiger partial charge is 0.462 e. The molecule has 0 bridgehead atoms. The molecule has 6 heteroatoms. The Bertz CT molecular complexity index is 1350. The lowest BCUT2D eigenvalue weighted by Gasteiger charge is -2.18. The van der Waals surface area contributed by atoms with Crippen LogP contribution >= 0.6 is 0 Å². The van der Waals surface area contributed by atoms with Crippen molar-refractivity contribution in [2.75, 3.05) is 13.2 Å². The number of unbranched alkanes of at least 4 members (excludes halogenated alkanes) is 22. The van der Waals surface area contributed by atoms with E-state index in [0.29, 0.717) is 19.3 Å². The van der Waals surface area contributed by atoms with Gasteiger partial charge in [-0.2, -0.15) is 0 Å². The number of hydrogen-bond acceptors (Lipinski definition) is 6. The molecule has 0 rings (SSSR count). The highest BCUT2D eigenvalue weighted by Gasteiger charge is 2.19. The SMILES string of the molecule is CC/C=C\C/C=C\C/C=C\C/C=C\C/C=C\C/C=C\CCCCCCCCCCC(=O)OCC(COC(=O)CCCCCCC/C=C\CCCC)OC(=O)CCCCCCC/C=C\CCCC. The number of rotatable bonds is 49. The van der Waals surface area contributed by atoms with Gasteiger partial charge in [-0.1, -0.05) is 221 Å². The smallest absolute Gasteiger partial charge is 0.306 e. The molecule has 1 unspecified atom stereocenters. The summed E-state index contributed by atoms with van der Waals surface area (Å²) in [6.45, 7) is 6.42. The lowest BCUT2D eigenvalue weighted by molar-refractivity contribution is -0.167. The van der Waals surface area contributed by atoms with E-state index in [9.17, 15) is 14.4 Å². The van der Waals surface area contributed by atoms with Gasteiger partial charge in [0.25, 0.3) is 0 Å². The van der Waals surface area contributed by atoms with Crippen LogP contribution < -0.4 is 0 Å². The zero-order valence-corrected chi connectivity index (χ0v) is 43.6. The molecule has 0 saturated carbocycles. The highest BCUT2D eigenvalue weighted by atomic mass is 16.6. The summed E-state index contributed by atoms with van der Waals surface area (Å²) in [6, 6.07) is 0. The minimum absolute atomic E-state index is 0.0879. The number of ether oxygens (including phenoxy) is 3. The first-order chi connectivity index (χ1) is 33.0. The Morgan fingerprint density at radius 1 is 0.313 bits per heavy atom. The summed E-state index contributed by atoms with van der Waals surface area (Å²) in [4.78, 5) is 38.0. The normalized spacial score (nSPS) is 12.8. The van der Waals surface area contributed by atoms with Gasteiger partial charge in [0.15, 0.2) is 6.10 Å². The van der Waals surface area contributed by atoms with Crippen molar-refractivity contribution in [3.05, 3.63) is 97.2 Å². The third kappa shape index (κ3) is 53.2. The third-order valence-electron chi connectivity index (χ3n) is 11.5. The van der Waals surface area contributed by atoms with Crippen LogP contribution in [0.3, 0.4) is 0 Å². The van der Waals surface area contributed by atoms with Gasteiger partial charge in [-0.05, 0) is 109 Å². The summed E-state index contributed by atoms with van der Waals surface area (Å²) in [5.74, 6) is -0.917. The molecule has 0 aromatic carbocycles. The second-order valence-corrected chi connectivity index (χ2v) is 18.1. The Hall–Kier alpha value is -3.67. The molecule has 0 amide bonds. The predicted molar refractivity (Wildman–Crippen MR) is 288 cm³/mol. The monoisotopic (exact) mass is 931 g/mol. The maximum absolute atomic E-state index is 12.8. The van der Waals surface area contributed by atoms with Gasteiger partial charge in [-0.3, -0.25) is 14.4 Å². The van der Waals surface area contributed by atoms with Crippen molar-refractivity contribution < 1.29 is 28.6 Å². The molecule has 1 atom stereocenters. The van der Waals surface area contributed by atoms with Gasteiger partial charge in [-0.25, -0.2) is 0 Å². The van der Waals surface area contributed by atoms with E-state index >= 15 is 0 Å². The van der Waals surface area contributed by atoms with Gasteiger partial charge < -0.3 is 14.2 Å². The molecular formula is C61H102O6. The fourth-order valence-electron chi connectivity index (χ4n) is 7.35. The summed E-state index contributed by atoms with van der Waals surface area (Å²) in [6.07, 6.45) is 72.6. The van der Waals surface area contributed by atoms with Crippen LogP contribution in [0.25, 0.3) is 0 Å². The second-order valence-electron chi connectivity index (χ2n) is 18.1. The summed E-state index contributed by atoms with van der Waals surface area (Å²) < 4.78 is 16.8. The van der Waals surface area contributed by atoms with Crippen molar-refractivity contribution in [3.63, 3.8) is 0 Å². The first kappa shape index (κ1) is 63.3. The Labute approximate surface area is 413 Å². The van der Waals surface area contributed by atoms with Crippen LogP contribution in [0.4, 0.5) is 0 Å². The summed E-state index contributed by atoms with van der Waals surface area (Å²) in [5.41, 5.74) is 0. The van der Waals surface area contributed by atoms with Crippen molar-refractivity contribution >= 4 is 17.9 Å². The van der Waals surface area contributed by atoms with E-state index < -0.39 is 6.10 Å². The average molecular weight is 931 g/mol. The highest BCUT2D eigenvalue weighted by Crippen LogP contribution is 2.14. The molecule has 0 N–H and O–H groups in total. The fraction of sp³-hybridized carbons (Fsp3) is 0.689. The Kier molecular flexibility index (Phi) is 51.9. The predicted octanol–water partition coefficient (Wildman–Crippen LogP) is 18.5. The minimum atomic E-state index is -0.787. The summed E-state index contributed by atoms with van der Waals surface area (Å²) in [5, 5.41) is 0. The van der Waals surface area contributed by atoms with E-state index in [-0.39, 0.29) is 31.1 Å². The maximum Gasteiger partial charge on any atom is 0.306 e. The summed E-state index contributed by atoms with van der Waals surface area (Å²) >= 11 is 0. The molecule has 0 aliphatic rings. The Balaban J connectivity index is 4.25. The Morgan fingerprint density at radius 3 is 0.925 bits per heavy atom. The maximum atomic E-state index is 12.8. The molecule has 0 heterocycles. The van der Waals surface area contributed by atoms with E-state index in [1.165, 1.54) is 89.9 Å². The lowest BCUT2D eigenvalue weighted by atomic mass is 10.1. The topological polar surface area (TPSA) is 78.9 Å². The van der Waals surface area contributed by atoms with Crippen molar-refractivity contribution in [1.29, 1.82) is 0 Å². The van der Waals surface area contributed by atoms with Crippen LogP contribution in [0.5, 0.6) is 0 Å². The van der Waals surface area contributed by atoms with Crippen LogP contribution in [0.2, 0.25) is 0 Å². The van der Waals surface area contributed by atoms with E-state index in [0.717, 1.165) is 122 Å². The standard InChI is InChI=1S/C61H102O6/c1-4-7-10-13-16-19-22-23-24-25-26-27-28-29-30-31-32-33-34-35-36-37-40-42-45-48-51-54-60(63)66-57-58(67-61(64)55-52-49-46-43-39-21-18-15-12-9-6-3)56-65-59(62)53-50-47-44-41-38-20-17-14-11-8-5-2/h7,10,14-19,23-24,26-27,29-30,32-33,58H,4-6,8-9,11-13,20-22,25,28,31,34-57H2,1-3H3/b10-7-,17-14-,18-15-,19-16-,24-23-,27-26-,30-29-,33-32-. The first-order valence-corrected chi connectivity index (χ1v) is 27.7. The van der Waals surface area contributed by atoms with Gasteiger partial charge in [-0.15, -0.1) is 0 Å². The van der Waals surface area contributed by atoms with Crippen LogP contribution in [0, 0.1) is 0 Å². The molecule has 0 aromatic heterocycles. The van der Waals surface area contributed by atoms with E-state index in [4.69, 9.17) is 14.2 Å². The van der Waals surface area contributed by atoms with Gasteiger partial charge in [0.2, 0.25) is 0 Å². The lowest BCUT2D eigenvalue weighted by Crippen LogP contribution is -2.30. The zero-order valence-electron chi connectivity index (χ0n) is 43.6. The van der Waals surface area contributed by atoms with Crippen molar-refractivity contribution in [3.8, 4) is 0 Å². The Morgan fingerprint density at radius 2 is 0.582 bits per heavy atom. The second kappa shape index (κ2) is 54.9. The average Bonchev–Trinajstić information content (AvgIpc) is 3.33. The molecular weight excluding hydrogens is 829 g/mol. The molecule has 0 fully saturated rings. The zero-order chi connectivity index (χ0) is 48.6. The molecule has 0 aliphatic heterocycles. The quantitative estimate of drug-likeness (QED) is 0.0262. The van der Waals surface area contributed by atoms with E-state index in [1.54, 1.807) is 0 Å². The van der Waals surface area contributed by atoms with Gasteiger partial charge in [0.1, 0.15) is 13.2 Å². The van der Waals surface area contributed by atoms with Crippen LogP contribution in [-0.4, -0.2) is 37.2 Å². The van der Waals surface area contributed by atoms with Crippen molar-refractivity contribution in [1.82, 2.24) is 0 Å². The number of carbonyl (C=O) groups is 3. The molecule has 0 saturated heterocycles. The van der Waals surface area contributed by atoms with Gasteiger partial charge >= 0.3 is 17.9 Å². The number of hydrogen-bond donors (Lipinski definition) is 0. The molecule has 382 valence electrons. The third-order valence-corrected chi connectivity index (χ3v) is 11.5. The molecule has 6 nitrogen and oxygen atoms in total. The molecule has 0 radical (unpaired) electrons. The number of carbonyl (C=O) groups excluding carboxylic acids is 3. The number of allylic oxidation sites excluding steroid dienone is 16. The number of esters is 3. The van der Waals surface area contributed by atoms with Crippen LogP contribution in [-0.2, 0) is 28.6 Å². The fourth-order valence-corrected chi connectivity index (χ4v) is 7.35.